The van der Waals surface area contributed by atoms with Crippen LogP contribution in [0.4, 0.5) is 0 Å². The van der Waals surface area contributed by atoms with Gasteiger partial charge in [0.05, 0.1) is 0 Å². The van der Waals surface area contributed by atoms with Crippen LogP contribution in [-0.2, 0) is 28.6 Å². The highest BCUT2D eigenvalue weighted by Gasteiger charge is 2.19. The number of allylic oxidation sites excluding steroid dienone is 20. The zero-order chi connectivity index (χ0) is 51.4. The van der Waals surface area contributed by atoms with Crippen molar-refractivity contribution in [2.75, 3.05) is 13.2 Å². The Kier molecular flexibility index (Phi) is 54.9. The molecule has 0 amide bonds. The van der Waals surface area contributed by atoms with Gasteiger partial charge in [-0.3, -0.25) is 14.4 Å². The van der Waals surface area contributed by atoms with Gasteiger partial charge in [0.25, 0.3) is 0 Å². The van der Waals surface area contributed by atoms with Crippen LogP contribution in [0.3, 0.4) is 0 Å². The molecule has 402 valence electrons. The molecule has 0 saturated carbocycles. The van der Waals surface area contributed by atoms with Gasteiger partial charge in [-0.2, -0.15) is 0 Å². The molecule has 1 atom stereocenters. The molecule has 0 saturated heterocycles. The summed E-state index contributed by atoms with van der Waals surface area (Å²) in [6, 6.07) is 0. The van der Waals surface area contributed by atoms with Gasteiger partial charge in [0, 0.05) is 19.3 Å². The van der Waals surface area contributed by atoms with E-state index in [0.717, 1.165) is 135 Å². The summed E-state index contributed by atoms with van der Waals surface area (Å²) in [6.45, 7) is 6.35. The molecule has 6 nitrogen and oxygen atoms in total. The van der Waals surface area contributed by atoms with Gasteiger partial charge in [-0.15, -0.1) is 0 Å². The van der Waals surface area contributed by atoms with E-state index in [4.69, 9.17) is 14.2 Å². The van der Waals surface area contributed by atoms with Crippen molar-refractivity contribution < 1.29 is 28.6 Å². The van der Waals surface area contributed by atoms with E-state index in [2.05, 4.69) is 142 Å². The average Bonchev–Trinajstić information content (AvgIpc) is 3.37. The molecule has 0 fully saturated rings. The van der Waals surface area contributed by atoms with E-state index in [9.17, 15) is 14.4 Å². The lowest BCUT2D eigenvalue weighted by Gasteiger charge is -2.18. The molecule has 0 aliphatic carbocycles. The average molecular weight is 984 g/mol. The monoisotopic (exact) mass is 983 g/mol. The van der Waals surface area contributed by atoms with Gasteiger partial charge in [0.2, 0.25) is 0 Å². The van der Waals surface area contributed by atoms with Gasteiger partial charge >= 0.3 is 17.9 Å². The lowest BCUT2D eigenvalue weighted by Crippen LogP contribution is -2.30. The van der Waals surface area contributed by atoms with Crippen LogP contribution in [0.2, 0.25) is 0 Å². The van der Waals surface area contributed by atoms with Gasteiger partial charge in [-0.1, -0.05) is 245 Å². The predicted molar refractivity (Wildman–Crippen MR) is 306 cm³/mol. The third-order valence-electron chi connectivity index (χ3n) is 12.0. The van der Waals surface area contributed by atoms with Crippen molar-refractivity contribution in [2.24, 2.45) is 0 Å². The topological polar surface area (TPSA) is 78.9 Å². The van der Waals surface area contributed by atoms with E-state index in [-0.39, 0.29) is 31.1 Å². The lowest BCUT2D eigenvalue weighted by atomic mass is 10.1. The van der Waals surface area contributed by atoms with Crippen molar-refractivity contribution in [1.82, 2.24) is 0 Å². The Balaban J connectivity index is 4.22. The SMILES string of the molecule is CC/C=C\C/C=C\C/C=C\C/C=C\C/C=C\C/C=C\C/C=C\CCCCCCCCCC(=O)OCC(COC(=O)CCCCCCCCC)OC(=O)CCCCCCCCC/C=C\C/C=C\C/C=C\CC. The Morgan fingerprint density at radius 3 is 0.859 bits per heavy atom. The highest BCUT2D eigenvalue weighted by atomic mass is 16.6. The number of carbonyl (C=O) groups excluding carboxylic acids is 3. The molecule has 0 heterocycles. The molecule has 0 rings (SSSR count). The molecule has 0 aliphatic rings. The van der Waals surface area contributed by atoms with E-state index in [1.165, 1.54) is 77.0 Å². The molecule has 6 heteroatoms. The molecular weight excluding hydrogens is 877 g/mol. The number of hydrogen-bond donors (Lipinski definition) is 0. The van der Waals surface area contributed by atoms with Crippen molar-refractivity contribution >= 4 is 17.9 Å². The van der Waals surface area contributed by atoms with Crippen LogP contribution < -0.4 is 0 Å². The summed E-state index contributed by atoms with van der Waals surface area (Å²) in [5.74, 6) is -0.918. The van der Waals surface area contributed by atoms with Crippen LogP contribution in [0.25, 0.3) is 0 Å². The van der Waals surface area contributed by atoms with Crippen molar-refractivity contribution in [2.45, 2.75) is 258 Å². The lowest BCUT2D eigenvalue weighted by molar-refractivity contribution is -0.167. The van der Waals surface area contributed by atoms with Crippen molar-refractivity contribution in [3.8, 4) is 0 Å². The summed E-state index contributed by atoms with van der Waals surface area (Å²) in [4.78, 5) is 38.0. The molecule has 1 unspecified atom stereocenters. The zero-order valence-corrected chi connectivity index (χ0v) is 45.9. The van der Waals surface area contributed by atoms with Crippen LogP contribution in [0.1, 0.15) is 252 Å². The zero-order valence-electron chi connectivity index (χ0n) is 45.9. The molecule has 0 N–H and O–H groups in total. The van der Waals surface area contributed by atoms with Gasteiger partial charge in [-0.25, -0.2) is 0 Å². The maximum Gasteiger partial charge on any atom is 0.306 e. The van der Waals surface area contributed by atoms with Crippen molar-refractivity contribution in [1.29, 1.82) is 0 Å². The Morgan fingerprint density at radius 1 is 0.296 bits per heavy atom. The van der Waals surface area contributed by atoms with E-state index >= 15 is 0 Å². The molecule has 0 spiro atoms. The van der Waals surface area contributed by atoms with E-state index in [1.807, 2.05) is 0 Å². The number of carbonyl (C=O) groups is 3. The second-order valence-corrected chi connectivity index (χ2v) is 18.8. The summed E-state index contributed by atoms with van der Waals surface area (Å²) < 4.78 is 16.8. The first kappa shape index (κ1) is 66.8. The summed E-state index contributed by atoms with van der Waals surface area (Å²) >= 11 is 0. The molecule has 71 heavy (non-hydrogen) atoms. The Labute approximate surface area is 437 Å². The summed E-state index contributed by atoms with van der Waals surface area (Å²) in [6.07, 6.45) is 80.7. The minimum absolute atomic E-state index is 0.0871. The van der Waals surface area contributed by atoms with Crippen LogP contribution in [0.15, 0.2) is 122 Å². The summed E-state index contributed by atoms with van der Waals surface area (Å²) in [5, 5.41) is 0. The number of hydrogen-bond acceptors (Lipinski definition) is 6. The maximum absolute atomic E-state index is 12.8. The minimum atomic E-state index is -0.788. The first-order valence-electron chi connectivity index (χ1n) is 29.0. The van der Waals surface area contributed by atoms with Crippen LogP contribution in [0, 0.1) is 0 Å². The fraction of sp³-hybridized carbons (Fsp3) is 0.646. The third-order valence-corrected chi connectivity index (χ3v) is 12.0. The van der Waals surface area contributed by atoms with Crippen LogP contribution in [0.5, 0.6) is 0 Å². The molecule has 0 aromatic carbocycles. The molecule has 0 aromatic rings. The van der Waals surface area contributed by atoms with Crippen molar-refractivity contribution in [3.63, 3.8) is 0 Å². The largest absolute Gasteiger partial charge is 0.462 e. The fourth-order valence-corrected chi connectivity index (χ4v) is 7.67. The van der Waals surface area contributed by atoms with Gasteiger partial charge in [-0.05, 0) is 109 Å². The van der Waals surface area contributed by atoms with Gasteiger partial charge in [0.1, 0.15) is 13.2 Å². The third kappa shape index (κ3) is 56.6. The number of ether oxygens (including phenoxy) is 3. The molecule has 0 aromatic heterocycles. The van der Waals surface area contributed by atoms with Crippen molar-refractivity contribution in [3.05, 3.63) is 122 Å². The molecule has 0 bridgehead atoms. The normalized spacial score (nSPS) is 13.0. The summed E-state index contributed by atoms with van der Waals surface area (Å²) in [7, 11) is 0. The number of rotatable bonds is 51. The first-order valence-corrected chi connectivity index (χ1v) is 29.0. The Hall–Kier alpha value is -4.19. The van der Waals surface area contributed by atoms with E-state index in [1.54, 1.807) is 0 Å². The summed E-state index contributed by atoms with van der Waals surface area (Å²) in [5.41, 5.74) is 0. The fourth-order valence-electron chi connectivity index (χ4n) is 7.67. The number of esters is 3. The first-order chi connectivity index (χ1) is 35.0. The van der Waals surface area contributed by atoms with Gasteiger partial charge < -0.3 is 14.2 Å². The second kappa shape index (κ2) is 58.4. The van der Waals surface area contributed by atoms with Gasteiger partial charge in [0.15, 0.2) is 6.10 Å². The molecular formula is C65H106O6. The maximum atomic E-state index is 12.8. The smallest absolute Gasteiger partial charge is 0.306 e. The quantitative estimate of drug-likeness (QED) is 0.0261. The Bertz CT molecular complexity index is 1500. The predicted octanol–water partition coefficient (Wildman–Crippen LogP) is 19.6. The minimum Gasteiger partial charge on any atom is -0.462 e. The molecule has 0 radical (unpaired) electrons. The highest BCUT2D eigenvalue weighted by Crippen LogP contribution is 2.14. The second-order valence-electron chi connectivity index (χ2n) is 18.8. The number of unbranched alkanes of at least 4 members (excludes halogenated alkanes) is 20. The van der Waals surface area contributed by atoms with E-state index < -0.39 is 6.10 Å². The molecule has 0 aliphatic heterocycles. The van der Waals surface area contributed by atoms with Crippen LogP contribution >= 0.6 is 0 Å². The van der Waals surface area contributed by atoms with Crippen LogP contribution in [-0.4, -0.2) is 37.2 Å². The Morgan fingerprint density at radius 2 is 0.549 bits per heavy atom. The van der Waals surface area contributed by atoms with E-state index in [0.29, 0.717) is 19.3 Å². The highest BCUT2D eigenvalue weighted by molar-refractivity contribution is 5.71. The standard InChI is InChI=1S/C65H106O6/c1-4-7-10-13-16-18-20-22-24-26-27-28-29-30-31-32-33-34-35-36-37-39-40-42-44-46-49-52-55-58-64(67)70-61-62(60-69-63(66)57-54-51-48-15-12-9-6-3)71-65(68)59-56-53-50-47-45-43-41-38-25-23-21-19-17-14-11-8-5-2/h7-8,10-11,16-19,22-25,27-28,30-31,33-34,36-37,62H,4-6,9,12-15,20-21,26,29,32,35,38-61H2,1-3H3/b10-7-,11-8-,18-16-,19-17-,24-22-,25-23-,28-27-,31-30-,34-33-,37-36-.